The van der Waals surface area contributed by atoms with Crippen molar-refractivity contribution >= 4 is 26.0 Å². The first kappa shape index (κ1) is 25.7. The number of aryl methyl sites for hydroxylation is 1. The molecule has 2 aromatic rings. The summed E-state index contributed by atoms with van der Waals surface area (Å²) in [7, 11) is -14.0. The number of hydrogen-bond donors (Lipinski definition) is 2. The van der Waals surface area contributed by atoms with Gasteiger partial charge in [0.25, 0.3) is 11.5 Å². The third kappa shape index (κ3) is 5.27. The standard InChI is InChI=1S/C17H18F6N2O5S2/c1-17(16(27)24-28,31(2,29)30)7-8-25-10-14(18)13(9-15(25)26)11-3-5-12(6-4-11)32(19,20,21,22)23/h3-6,9-10,28H,7-8H2,1-2H3,(H,24,27). The molecule has 1 heterocycles. The number of hydroxylamine groups is 1. The molecule has 0 spiro atoms. The maximum Gasteiger partial charge on any atom is 0.310 e. The van der Waals surface area contributed by atoms with E-state index in [0.717, 1.165) is 17.7 Å². The van der Waals surface area contributed by atoms with Crippen LogP contribution in [0, 0.1) is 5.82 Å². The Morgan fingerprint density at radius 1 is 1.16 bits per heavy atom. The Morgan fingerprint density at radius 2 is 1.69 bits per heavy atom. The van der Waals surface area contributed by atoms with E-state index in [0.29, 0.717) is 24.4 Å². The molecular weight excluding hydrogens is 490 g/mol. The van der Waals surface area contributed by atoms with E-state index < -0.39 is 65.5 Å². The van der Waals surface area contributed by atoms with Crippen LogP contribution in [0.5, 0.6) is 0 Å². The molecule has 1 aromatic carbocycles. The van der Waals surface area contributed by atoms with Gasteiger partial charge < -0.3 is 4.57 Å². The third-order valence-electron chi connectivity index (χ3n) is 4.92. The number of sulfone groups is 1. The molecule has 15 heteroatoms. The summed E-state index contributed by atoms with van der Waals surface area (Å²) in [5.41, 5.74) is -0.442. The van der Waals surface area contributed by atoms with E-state index in [4.69, 9.17) is 5.21 Å². The summed E-state index contributed by atoms with van der Waals surface area (Å²) >= 11 is 0. The third-order valence-corrected chi connectivity index (χ3v) is 8.11. The molecular formula is C17H18F6N2O5S2. The number of nitrogens with zero attached hydrogens (tertiary/aromatic N) is 1. The lowest BCUT2D eigenvalue weighted by molar-refractivity contribution is -0.131. The lowest BCUT2D eigenvalue weighted by atomic mass is 10.1. The van der Waals surface area contributed by atoms with Gasteiger partial charge in [0, 0.05) is 30.6 Å². The van der Waals surface area contributed by atoms with Crippen LogP contribution < -0.4 is 11.0 Å². The van der Waals surface area contributed by atoms with E-state index in [1.165, 1.54) is 5.48 Å². The first-order valence-corrected chi connectivity index (χ1v) is 12.4. The van der Waals surface area contributed by atoms with Crippen molar-refractivity contribution in [2.24, 2.45) is 0 Å². The van der Waals surface area contributed by atoms with E-state index in [2.05, 4.69) is 0 Å². The summed E-state index contributed by atoms with van der Waals surface area (Å²) < 4.78 is 101. The number of nitrogens with one attached hydrogen (secondary N) is 1. The molecule has 32 heavy (non-hydrogen) atoms. The van der Waals surface area contributed by atoms with Gasteiger partial charge in [0.15, 0.2) is 14.6 Å². The van der Waals surface area contributed by atoms with Crippen LogP contribution in [0.15, 0.2) is 46.2 Å². The number of aromatic nitrogens is 1. The maximum atomic E-state index is 14.5. The molecule has 1 aromatic heterocycles. The van der Waals surface area contributed by atoms with E-state index in [1.807, 2.05) is 0 Å². The number of pyridine rings is 1. The van der Waals surface area contributed by atoms with Crippen LogP contribution in [0.25, 0.3) is 11.1 Å². The van der Waals surface area contributed by atoms with Crippen LogP contribution in [0.4, 0.5) is 23.8 Å². The summed E-state index contributed by atoms with van der Waals surface area (Å²) in [5.74, 6) is -2.38. The van der Waals surface area contributed by atoms with Crippen molar-refractivity contribution < 1.29 is 42.2 Å². The Morgan fingerprint density at radius 3 is 2.12 bits per heavy atom. The first-order valence-electron chi connectivity index (χ1n) is 8.58. The van der Waals surface area contributed by atoms with Gasteiger partial charge in [0.2, 0.25) is 0 Å². The van der Waals surface area contributed by atoms with E-state index in [-0.39, 0.29) is 17.7 Å². The van der Waals surface area contributed by atoms with Crippen molar-refractivity contribution in [3.63, 3.8) is 0 Å². The molecule has 2 N–H and O–H groups in total. The number of carbonyl (C=O) groups is 1. The molecule has 1 amide bonds. The minimum absolute atomic E-state index is 0.0763. The van der Waals surface area contributed by atoms with Gasteiger partial charge in [-0.25, -0.2) is 18.3 Å². The summed E-state index contributed by atoms with van der Waals surface area (Å²) in [6, 6.07) is 2.01. The van der Waals surface area contributed by atoms with Crippen LogP contribution in [0.3, 0.4) is 0 Å². The molecule has 1 atom stereocenters. The van der Waals surface area contributed by atoms with Crippen molar-refractivity contribution in [2.45, 2.75) is 29.5 Å². The van der Waals surface area contributed by atoms with Gasteiger partial charge in [-0.2, -0.15) is 0 Å². The zero-order valence-corrected chi connectivity index (χ0v) is 18.1. The topological polar surface area (TPSA) is 105 Å². The fourth-order valence-electron chi connectivity index (χ4n) is 2.75. The highest BCUT2D eigenvalue weighted by molar-refractivity contribution is 8.45. The smallest absolute Gasteiger partial charge is 0.310 e. The Kier molecular flexibility index (Phi) is 5.83. The van der Waals surface area contributed by atoms with Crippen LogP contribution in [-0.4, -0.2) is 35.1 Å². The van der Waals surface area contributed by atoms with E-state index in [9.17, 15) is 41.8 Å². The summed E-state index contributed by atoms with van der Waals surface area (Å²) in [6.07, 6.45) is 0.829. The first-order chi connectivity index (χ1) is 14.2. The van der Waals surface area contributed by atoms with Gasteiger partial charge in [-0.05, 0) is 31.0 Å². The van der Waals surface area contributed by atoms with Crippen molar-refractivity contribution in [1.82, 2.24) is 10.0 Å². The number of hydrogen-bond acceptors (Lipinski definition) is 5. The molecule has 0 saturated heterocycles. The Hall–Kier alpha value is -2.52. The van der Waals surface area contributed by atoms with Crippen LogP contribution in [0.1, 0.15) is 13.3 Å². The molecule has 0 aliphatic heterocycles. The lowest BCUT2D eigenvalue weighted by Crippen LogP contribution is -2.50. The average molecular weight is 508 g/mol. The molecule has 0 aliphatic carbocycles. The minimum Gasteiger partial charge on any atom is -0.312 e. The zero-order chi connectivity index (χ0) is 24.8. The molecule has 0 fully saturated rings. The zero-order valence-electron chi connectivity index (χ0n) is 16.5. The van der Waals surface area contributed by atoms with E-state index >= 15 is 0 Å². The molecule has 1 unspecified atom stereocenters. The fourth-order valence-corrected chi connectivity index (χ4v) is 4.25. The Balaban J connectivity index is 2.40. The van der Waals surface area contributed by atoms with Crippen molar-refractivity contribution in [3.8, 4) is 11.1 Å². The summed E-state index contributed by atoms with van der Waals surface area (Å²) in [5, 5.41) is 8.79. The number of rotatable bonds is 7. The van der Waals surface area contributed by atoms with Gasteiger partial charge >= 0.3 is 10.2 Å². The monoisotopic (exact) mass is 508 g/mol. The van der Waals surface area contributed by atoms with Gasteiger partial charge in [0.05, 0.1) is 0 Å². The molecule has 0 saturated carbocycles. The predicted molar refractivity (Wildman–Crippen MR) is 105 cm³/mol. The Bertz CT molecular complexity index is 1230. The fraction of sp³-hybridized carbons (Fsp3) is 0.294. The number of benzene rings is 1. The second-order valence-corrected chi connectivity index (χ2v) is 12.1. The second-order valence-electron chi connectivity index (χ2n) is 7.25. The second kappa shape index (κ2) is 7.25. The highest BCUT2D eigenvalue weighted by atomic mass is 32.5. The van der Waals surface area contributed by atoms with Gasteiger partial charge in [-0.15, -0.1) is 0 Å². The highest BCUT2D eigenvalue weighted by Gasteiger charge is 2.65. The van der Waals surface area contributed by atoms with Crippen molar-refractivity contribution in [3.05, 3.63) is 52.7 Å². The summed E-state index contributed by atoms with van der Waals surface area (Å²) in [4.78, 5) is 21.9. The average Bonchev–Trinajstić information content (AvgIpc) is 2.64. The molecule has 180 valence electrons. The largest absolute Gasteiger partial charge is 0.312 e. The number of halogens is 6. The van der Waals surface area contributed by atoms with Gasteiger partial charge in [-0.3, -0.25) is 14.8 Å². The molecule has 0 bridgehead atoms. The summed E-state index contributed by atoms with van der Waals surface area (Å²) in [6.45, 7) is 0.514. The van der Waals surface area contributed by atoms with Crippen molar-refractivity contribution in [1.29, 1.82) is 0 Å². The van der Waals surface area contributed by atoms with Crippen LogP contribution in [-0.2, 0) is 21.2 Å². The lowest BCUT2D eigenvalue weighted by Gasteiger charge is -2.40. The molecule has 0 aliphatic rings. The predicted octanol–water partition coefficient (Wildman–Crippen LogP) is 4.01. The number of amides is 1. The number of carbonyl (C=O) groups excluding carboxylic acids is 1. The van der Waals surface area contributed by atoms with Crippen LogP contribution >= 0.6 is 10.2 Å². The highest BCUT2D eigenvalue weighted by Crippen LogP contribution is 3.02. The quantitative estimate of drug-likeness (QED) is 0.334. The molecule has 0 radical (unpaired) electrons. The molecule has 7 nitrogen and oxygen atoms in total. The normalized spacial score (nSPS) is 16.5. The van der Waals surface area contributed by atoms with Gasteiger partial charge in [-0.1, -0.05) is 31.6 Å². The Labute approximate surface area is 178 Å². The minimum atomic E-state index is -9.92. The van der Waals surface area contributed by atoms with Gasteiger partial charge in [0.1, 0.15) is 10.7 Å². The van der Waals surface area contributed by atoms with Crippen molar-refractivity contribution in [2.75, 3.05) is 6.26 Å². The maximum absolute atomic E-state index is 14.5. The van der Waals surface area contributed by atoms with E-state index in [1.54, 1.807) is 0 Å². The molecule has 2 rings (SSSR count). The SMILES string of the molecule is CC(CCn1cc(F)c(-c2ccc(S(F)(F)(F)(F)F)cc2)cc1=O)(C(=O)NO)S(C)(=O)=O. The van der Waals surface area contributed by atoms with Crippen LogP contribution in [0.2, 0.25) is 0 Å².